The van der Waals surface area contributed by atoms with Crippen molar-refractivity contribution in [2.45, 2.75) is 105 Å². The van der Waals surface area contributed by atoms with Crippen molar-refractivity contribution in [3.05, 3.63) is 11.6 Å². The lowest BCUT2D eigenvalue weighted by Crippen LogP contribution is -2.65. The molecule has 4 unspecified atom stereocenters. The fraction of sp³-hybridized carbons (Fsp3) is 0.862. The molecule has 10 atom stereocenters. The normalized spacial score (nSPS) is 56.0. The van der Waals surface area contributed by atoms with E-state index in [4.69, 9.17) is 11.5 Å². The first-order valence-electron chi connectivity index (χ1n) is 13.5. The second kappa shape index (κ2) is 6.95. The van der Waals surface area contributed by atoms with Crippen LogP contribution in [-0.4, -0.2) is 17.7 Å². The molecule has 4 saturated carbocycles. The second-order valence-electron chi connectivity index (χ2n) is 14.2. The average Bonchev–Trinajstić information content (AvgIpc) is 2.74. The summed E-state index contributed by atoms with van der Waals surface area (Å²) in [5, 5.41) is 0. The molecule has 4 heteroatoms. The van der Waals surface area contributed by atoms with Crippen LogP contribution in [-0.2, 0) is 9.59 Å². The number of hydrogen-bond acceptors (Lipinski definition) is 3. The van der Waals surface area contributed by atoms with E-state index < -0.39 is 5.41 Å². The average molecular weight is 455 g/mol. The van der Waals surface area contributed by atoms with Gasteiger partial charge >= 0.3 is 0 Å². The van der Waals surface area contributed by atoms with E-state index >= 15 is 0 Å². The number of fused-ring (bicyclic) bond motifs is 7. The standard InChI is InChI=1S/C29H46N2O2/c1-17-18-7-10-29(6)23(27(18,4)9-8-21(17)30)22(32)15-19-20-16-26(3,24(31)33)12-11-25(20,2)13-14-28(19,29)5/h15,17-18,20-21,23H,7-14,16,30H2,1-6H3,(H2,31,33)/t17-,18?,20+,21?,23?,25-,26+,27?,28-,29-/m1/s1. The Balaban J connectivity index is 1.61. The molecule has 4 N–H and O–H groups in total. The maximum absolute atomic E-state index is 14.2. The SMILES string of the molecule is C[C@H]1C(N)CCC2(C)C1CC[C@]1(C)C2C(=O)C=C2[C@@H]3C[C@@](C)(C(N)=O)CC[C@]3(C)CC[C@]21C. The van der Waals surface area contributed by atoms with Gasteiger partial charge in [-0.2, -0.15) is 0 Å². The zero-order chi connectivity index (χ0) is 24.2. The van der Waals surface area contributed by atoms with E-state index in [1.165, 1.54) is 18.4 Å². The van der Waals surface area contributed by atoms with Crippen molar-refractivity contribution in [3.8, 4) is 0 Å². The molecule has 5 aliphatic carbocycles. The highest BCUT2D eigenvalue weighted by atomic mass is 16.1. The van der Waals surface area contributed by atoms with Crippen LogP contribution in [0.1, 0.15) is 99.3 Å². The highest BCUT2D eigenvalue weighted by molar-refractivity contribution is 5.95. The molecule has 0 aliphatic heterocycles. The van der Waals surface area contributed by atoms with Crippen LogP contribution in [0.2, 0.25) is 0 Å². The van der Waals surface area contributed by atoms with Gasteiger partial charge in [-0.15, -0.1) is 0 Å². The molecule has 4 fully saturated rings. The van der Waals surface area contributed by atoms with Crippen LogP contribution in [0.25, 0.3) is 0 Å². The van der Waals surface area contributed by atoms with E-state index in [1.807, 2.05) is 0 Å². The number of hydrogen-bond donors (Lipinski definition) is 2. The zero-order valence-corrected chi connectivity index (χ0v) is 21.8. The van der Waals surface area contributed by atoms with Crippen LogP contribution < -0.4 is 11.5 Å². The van der Waals surface area contributed by atoms with Crippen molar-refractivity contribution >= 4 is 11.7 Å². The molecule has 33 heavy (non-hydrogen) atoms. The summed E-state index contributed by atoms with van der Waals surface area (Å²) in [5.74, 6) is 1.53. The summed E-state index contributed by atoms with van der Waals surface area (Å²) in [6, 6.07) is 0.261. The molecular weight excluding hydrogens is 408 g/mol. The lowest BCUT2D eigenvalue weighted by Gasteiger charge is -2.69. The van der Waals surface area contributed by atoms with E-state index in [9.17, 15) is 9.59 Å². The Kier molecular flexibility index (Phi) is 4.97. The molecule has 5 aliphatic rings. The van der Waals surface area contributed by atoms with Gasteiger partial charge in [0.1, 0.15) is 0 Å². The fourth-order valence-corrected chi connectivity index (χ4v) is 10.1. The third-order valence-electron chi connectivity index (χ3n) is 12.8. The Morgan fingerprint density at radius 3 is 2.30 bits per heavy atom. The topological polar surface area (TPSA) is 86.2 Å². The predicted octanol–water partition coefficient (Wildman–Crippen LogP) is 5.39. The number of allylic oxidation sites excluding steroid dienone is 2. The van der Waals surface area contributed by atoms with E-state index in [1.54, 1.807) is 0 Å². The van der Waals surface area contributed by atoms with E-state index in [-0.39, 0.29) is 45.4 Å². The monoisotopic (exact) mass is 454 g/mol. The first-order chi connectivity index (χ1) is 15.2. The van der Waals surface area contributed by atoms with E-state index in [0.717, 1.165) is 44.9 Å². The van der Waals surface area contributed by atoms with Crippen LogP contribution >= 0.6 is 0 Å². The minimum Gasteiger partial charge on any atom is -0.369 e. The molecule has 0 aromatic rings. The Bertz CT molecular complexity index is 927. The van der Waals surface area contributed by atoms with Gasteiger partial charge in [0, 0.05) is 17.4 Å². The first kappa shape index (κ1) is 23.6. The second-order valence-corrected chi connectivity index (χ2v) is 14.2. The molecule has 0 bridgehead atoms. The van der Waals surface area contributed by atoms with Gasteiger partial charge in [-0.25, -0.2) is 0 Å². The van der Waals surface area contributed by atoms with Crippen molar-refractivity contribution in [3.63, 3.8) is 0 Å². The fourth-order valence-electron chi connectivity index (χ4n) is 10.1. The molecule has 0 heterocycles. The van der Waals surface area contributed by atoms with Crippen molar-refractivity contribution in [2.24, 2.45) is 62.2 Å². The highest BCUT2D eigenvalue weighted by Crippen LogP contribution is 2.74. The number of primary amides is 1. The van der Waals surface area contributed by atoms with Gasteiger partial charge in [-0.05, 0) is 103 Å². The zero-order valence-electron chi connectivity index (χ0n) is 21.8. The molecule has 4 nitrogen and oxygen atoms in total. The van der Waals surface area contributed by atoms with Crippen molar-refractivity contribution in [1.29, 1.82) is 0 Å². The summed E-state index contributed by atoms with van der Waals surface area (Å²) in [4.78, 5) is 26.6. The minimum atomic E-state index is -0.470. The van der Waals surface area contributed by atoms with Crippen LogP contribution in [0.15, 0.2) is 11.6 Å². The lowest BCUT2D eigenvalue weighted by molar-refractivity contribution is -0.176. The van der Waals surface area contributed by atoms with Crippen LogP contribution in [0.5, 0.6) is 0 Å². The lowest BCUT2D eigenvalue weighted by atomic mass is 9.34. The number of nitrogens with two attached hydrogens (primary N) is 2. The van der Waals surface area contributed by atoms with Gasteiger partial charge in [0.2, 0.25) is 5.91 Å². The maximum atomic E-state index is 14.2. The van der Waals surface area contributed by atoms with Crippen LogP contribution in [0.3, 0.4) is 0 Å². The van der Waals surface area contributed by atoms with Gasteiger partial charge in [0.05, 0.1) is 0 Å². The quantitative estimate of drug-likeness (QED) is 0.557. The van der Waals surface area contributed by atoms with Crippen LogP contribution in [0, 0.1) is 50.7 Å². The number of carbonyl (C=O) groups excluding carboxylic acids is 2. The third-order valence-corrected chi connectivity index (χ3v) is 12.8. The van der Waals surface area contributed by atoms with E-state index in [0.29, 0.717) is 17.6 Å². The van der Waals surface area contributed by atoms with Gasteiger partial charge in [-0.3, -0.25) is 9.59 Å². The van der Waals surface area contributed by atoms with Crippen molar-refractivity contribution < 1.29 is 9.59 Å². The van der Waals surface area contributed by atoms with Gasteiger partial charge in [-0.1, -0.05) is 47.1 Å². The summed E-state index contributed by atoms with van der Waals surface area (Å²) in [7, 11) is 0. The van der Waals surface area contributed by atoms with Gasteiger partial charge < -0.3 is 11.5 Å². The van der Waals surface area contributed by atoms with Crippen molar-refractivity contribution in [1.82, 2.24) is 0 Å². The Hall–Kier alpha value is -1.16. The third kappa shape index (κ3) is 2.85. The number of amides is 1. The summed E-state index contributed by atoms with van der Waals surface area (Å²) in [5.41, 5.74) is 13.5. The Labute approximate surface area is 200 Å². The van der Waals surface area contributed by atoms with Crippen molar-refractivity contribution in [2.75, 3.05) is 0 Å². The molecule has 0 aromatic heterocycles. The Morgan fingerprint density at radius 2 is 1.64 bits per heavy atom. The molecule has 0 spiro atoms. The minimum absolute atomic E-state index is 0.00241. The van der Waals surface area contributed by atoms with E-state index in [2.05, 4.69) is 47.6 Å². The summed E-state index contributed by atoms with van der Waals surface area (Å²) >= 11 is 0. The number of ketones is 1. The molecule has 184 valence electrons. The molecule has 0 aromatic carbocycles. The Morgan fingerprint density at radius 1 is 0.970 bits per heavy atom. The first-order valence-corrected chi connectivity index (χ1v) is 13.5. The predicted molar refractivity (Wildman–Crippen MR) is 132 cm³/mol. The summed E-state index contributed by atoms with van der Waals surface area (Å²) in [6.07, 6.45) is 11.5. The molecule has 1 amide bonds. The highest BCUT2D eigenvalue weighted by Gasteiger charge is 2.68. The number of carbonyl (C=O) groups is 2. The molecule has 5 rings (SSSR count). The molecule has 0 saturated heterocycles. The number of rotatable bonds is 1. The maximum Gasteiger partial charge on any atom is 0.223 e. The van der Waals surface area contributed by atoms with Gasteiger partial charge in [0.15, 0.2) is 5.78 Å². The van der Waals surface area contributed by atoms with Crippen LogP contribution in [0.4, 0.5) is 0 Å². The molecular formula is C29H46N2O2. The largest absolute Gasteiger partial charge is 0.369 e. The van der Waals surface area contributed by atoms with Gasteiger partial charge in [0.25, 0.3) is 0 Å². The summed E-state index contributed by atoms with van der Waals surface area (Å²) < 4.78 is 0. The summed E-state index contributed by atoms with van der Waals surface area (Å²) in [6.45, 7) is 14.1. The smallest absolute Gasteiger partial charge is 0.223 e. The molecule has 0 radical (unpaired) electrons.